The van der Waals surface area contributed by atoms with Gasteiger partial charge in [-0.1, -0.05) is 51.1 Å². The Morgan fingerprint density at radius 2 is 1.64 bits per heavy atom. The fourth-order valence-electron chi connectivity index (χ4n) is 4.58. The van der Waals surface area contributed by atoms with E-state index in [1.54, 1.807) is 12.1 Å². The first-order chi connectivity index (χ1) is 18.1. The van der Waals surface area contributed by atoms with Crippen LogP contribution in [0.15, 0.2) is 54.6 Å². The Morgan fingerprint density at radius 1 is 1.03 bits per heavy atom. The van der Waals surface area contributed by atoms with Crippen LogP contribution in [0.3, 0.4) is 0 Å². The van der Waals surface area contributed by atoms with Gasteiger partial charge in [0.25, 0.3) is 5.69 Å². The number of likely N-dealkylation sites (tertiary alicyclic amines) is 1. The minimum absolute atomic E-state index is 0.0223. The zero-order valence-corrected chi connectivity index (χ0v) is 25.6. The lowest BCUT2D eigenvalue weighted by molar-refractivity contribution is -0.384. The molecule has 1 saturated heterocycles. The third-order valence-corrected chi connectivity index (χ3v) is 12.1. The van der Waals surface area contributed by atoms with Crippen molar-refractivity contribution in [3.05, 3.63) is 70.3 Å². The fraction of sp³-hybridized carbons (Fsp3) is 0.567. The van der Waals surface area contributed by atoms with Gasteiger partial charge in [0.2, 0.25) is 0 Å². The van der Waals surface area contributed by atoms with E-state index in [1.165, 1.54) is 12.1 Å². The first-order valence-corrected chi connectivity index (χ1v) is 16.6. The molecule has 0 bridgehead atoms. The topological polar surface area (TPSA) is 91.1 Å². The molecule has 2 aromatic rings. The summed E-state index contributed by atoms with van der Waals surface area (Å²) < 4.78 is 19.1. The average Bonchev–Trinajstić information content (AvgIpc) is 3.24. The Balaban J connectivity index is 1.93. The molecule has 8 nitrogen and oxygen atoms in total. The molecule has 0 unspecified atom stereocenters. The van der Waals surface area contributed by atoms with Crippen LogP contribution in [-0.4, -0.2) is 54.6 Å². The predicted molar refractivity (Wildman–Crippen MR) is 156 cm³/mol. The third kappa shape index (κ3) is 8.29. The van der Waals surface area contributed by atoms with E-state index >= 15 is 0 Å². The first kappa shape index (κ1) is 30.6. The van der Waals surface area contributed by atoms with Crippen molar-refractivity contribution >= 4 is 20.1 Å². The molecule has 1 aliphatic heterocycles. The molecule has 0 saturated carbocycles. The average molecular weight is 557 g/mol. The second kappa shape index (κ2) is 12.1. The van der Waals surface area contributed by atoms with Gasteiger partial charge in [-0.05, 0) is 75.9 Å². The predicted octanol–water partition coefficient (Wildman–Crippen LogP) is 7.37. The molecule has 1 heterocycles. The fourth-order valence-corrected chi connectivity index (χ4v) is 5.91. The van der Waals surface area contributed by atoms with Gasteiger partial charge in [0.15, 0.2) is 8.32 Å². The van der Waals surface area contributed by atoms with E-state index in [4.69, 9.17) is 13.9 Å². The van der Waals surface area contributed by atoms with Gasteiger partial charge in [-0.25, -0.2) is 4.79 Å². The molecule has 39 heavy (non-hydrogen) atoms. The van der Waals surface area contributed by atoms with Crippen LogP contribution >= 0.6 is 0 Å². The Bertz CT molecular complexity index is 1110. The summed E-state index contributed by atoms with van der Waals surface area (Å²) in [5, 5.41) is 11.1. The molecule has 9 heteroatoms. The molecular formula is C30H44N2O6Si. The van der Waals surface area contributed by atoms with Crippen LogP contribution in [-0.2, 0) is 15.6 Å². The normalized spacial score (nSPS) is 19.0. The number of nitrogens with zero attached hydrogens (tertiary/aromatic N) is 2. The Labute approximate surface area is 233 Å². The molecule has 2 aromatic carbocycles. The molecule has 0 N–H and O–H groups in total. The number of hydrogen-bond acceptors (Lipinski definition) is 6. The van der Waals surface area contributed by atoms with Crippen molar-refractivity contribution < 1.29 is 23.6 Å². The van der Waals surface area contributed by atoms with Gasteiger partial charge >= 0.3 is 6.09 Å². The summed E-state index contributed by atoms with van der Waals surface area (Å²) in [5.41, 5.74) is 0.327. The molecule has 3 atom stereocenters. The lowest BCUT2D eigenvalue weighted by atomic mass is 10.0. The highest BCUT2D eigenvalue weighted by Gasteiger charge is 2.47. The first-order valence-electron chi connectivity index (χ1n) is 13.7. The molecule has 1 fully saturated rings. The van der Waals surface area contributed by atoms with E-state index in [0.29, 0.717) is 13.0 Å². The van der Waals surface area contributed by atoms with Crippen LogP contribution in [0, 0.1) is 10.1 Å². The largest absolute Gasteiger partial charge is 0.491 e. The van der Waals surface area contributed by atoms with E-state index in [1.807, 2.05) is 56.0 Å². The van der Waals surface area contributed by atoms with Crippen LogP contribution in [0.1, 0.15) is 59.9 Å². The summed E-state index contributed by atoms with van der Waals surface area (Å²) in [7, 11) is -2.22. The van der Waals surface area contributed by atoms with Crippen molar-refractivity contribution in [1.82, 2.24) is 4.90 Å². The minimum Gasteiger partial charge on any atom is -0.491 e. The van der Waals surface area contributed by atoms with Gasteiger partial charge in [-0.3, -0.25) is 15.0 Å². The maximum Gasteiger partial charge on any atom is 0.410 e. The molecule has 0 radical (unpaired) electrons. The monoisotopic (exact) mass is 556 g/mol. The van der Waals surface area contributed by atoms with Crippen LogP contribution in [0.4, 0.5) is 10.5 Å². The third-order valence-electron chi connectivity index (χ3n) is 7.61. The minimum atomic E-state index is -2.22. The van der Waals surface area contributed by atoms with Crippen LogP contribution < -0.4 is 4.74 Å². The molecule has 1 amide bonds. The number of ether oxygens (including phenoxy) is 2. The zero-order valence-electron chi connectivity index (χ0n) is 24.6. The van der Waals surface area contributed by atoms with Gasteiger partial charge < -0.3 is 13.9 Å². The molecule has 0 aromatic heterocycles. The Kier molecular flexibility index (Phi) is 9.49. The molecule has 3 rings (SSSR count). The maximum atomic E-state index is 13.7. The molecular weight excluding hydrogens is 512 g/mol. The number of carbonyl (C=O) groups is 1. The summed E-state index contributed by atoms with van der Waals surface area (Å²) in [4.78, 5) is 26.2. The number of rotatable bonds is 9. The summed E-state index contributed by atoms with van der Waals surface area (Å²) in [6.07, 6.45) is 1.36. The highest BCUT2D eigenvalue weighted by molar-refractivity contribution is 6.74. The smallest absolute Gasteiger partial charge is 0.410 e. The van der Waals surface area contributed by atoms with Crippen molar-refractivity contribution in [3.63, 3.8) is 0 Å². The van der Waals surface area contributed by atoms with E-state index in [9.17, 15) is 14.9 Å². The highest BCUT2D eigenvalue weighted by Crippen LogP contribution is 2.40. The van der Waals surface area contributed by atoms with Gasteiger partial charge in [0.1, 0.15) is 18.0 Å². The van der Waals surface area contributed by atoms with Crippen molar-refractivity contribution in [2.24, 2.45) is 0 Å². The van der Waals surface area contributed by atoms with Gasteiger partial charge in [-0.15, -0.1) is 0 Å². The summed E-state index contributed by atoms with van der Waals surface area (Å²) in [6, 6.07) is 15.8. The number of amides is 1. The van der Waals surface area contributed by atoms with Gasteiger partial charge in [-0.2, -0.15) is 0 Å². The van der Waals surface area contributed by atoms with E-state index in [0.717, 1.165) is 24.2 Å². The standard InChI is InChI=1S/C30H44N2O6Si/c1-29(2,3)37-28(33)31-24(20-22-14-16-23(17-15-22)32(34)35)18-19-26(31)27(38-39(7,8)30(4,5)6)21-36-25-12-10-9-11-13-25/h9-17,24,26-27H,18-21H2,1-8H3/t24-,26-,27-/m1/s1. The zero-order chi connectivity index (χ0) is 29.0. The number of nitro groups is 1. The molecule has 214 valence electrons. The summed E-state index contributed by atoms with van der Waals surface area (Å²) in [6.45, 7) is 16.9. The molecule has 1 aliphatic rings. The maximum absolute atomic E-state index is 13.7. The van der Waals surface area contributed by atoms with E-state index < -0.39 is 18.8 Å². The van der Waals surface area contributed by atoms with Crippen molar-refractivity contribution in [3.8, 4) is 5.75 Å². The second-order valence-electron chi connectivity index (χ2n) is 12.9. The van der Waals surface area contributed by atoms with Crippen molar-refractivity contribution in [2.75, 3.05) is 6.61 Å². The number of para-hydroxylation sites is 1. The molecule has 0 aliphatic carbocycles. The number of nitro benzene ring substituents is 1. The van der Waals surface area contributed by atoms with Gasteiger partial charge in [0.05, 0.1) is 17.1 Å². The second-order valence-corrected chi connectivity index (χ2v) is 17.6. The van der Waals surface area contributed by atoms with Crippen molar-refractivity contribution in [2.45, 2.75) is 103 Å². The van der Waals surface area contributed by atoms with Crippen LogP contribution in [0.25, 0.3) is 0 Å². The lowest BCUT2D eigenvalue weighted by Gasteiger charge is -2.43. The SMILES string of the molecule is CC(C)(C)OC(=O)N1[C@@H](Cc2ccc([N+](=O)[O-])cc2)CC[C@@H]1[C@@H](COc1ccccc1)O[Si](C)(C)C(C)(C)C. The van der Waals surface area contributed by atoms with Crippen LogP contribution in [0.5, 0.6) is 5.75 Å². The number of hydrogen-bond donors (Lipinski definition) is 0. The quantitative estimate of drug-likeness (QED) is 0.182. The number of non-ortho nitro benzene ring substituents is 1. The summed E-state index contributed by atoms with van der Waals surface area (Å²) in [5.74, 6) is 0.755. The highest BCUT2D eigenvalue weighted by atomic mass is 28.4. The molecule has 0 spiro atoms. The van der Waals surface area contributed by atoms with Crippen molar-refractivity contribution in [1.29, 1.82) is 0 Å². The summed E-state index contributed by atoms with van der Waals surface area (Å²) >= 11 is 0. The van der Waals surface area contributed by atoms with Gasteiger partial charge in [0, 0.05) is 18.2 Å². The Morgan fingerprint density at radius 3 is 2.18 bits per heavy atom. The van der Waals surface area contributed by atoms with E-state index in [-0.39, 0.29) is 35.0 Å². The Hall–Kier alpha value is -2.91. The number of benzene rings is 2. The lowest BCUT2D eigenvalue weighted by Crippen LogP contribution is -2.55. The van der Waals surface area contributed by atoms with Crippen LogP contribution in [0.2, 0.25) is 18.1 Å². The number of carbonyl (C=O) groups excluding carboxylic acids is 1. The van der Waals surface area contributed by atoms with E-state index in [2.05, 4.69) is 33.9 Å².